The number of aliphatic hydroxyl groups excluding tert-OH is 1. The van der Waals surface area contributed by atoms with E-state index in [1.807, 2.05) is 50.2 Å². The van der Waals surface area contributed by atoms with Crippen LogP contribution in [0.3, 0.4) is 0 Å². The van der Waals surface area contributed by atoms with Crippen LogP contribution in [0.2, 0.25) is 5.02 Å². The van der Waals surface area contributed by atoms with Gasteiger partial charge >= 0.3 is 5.97 Å². The molecule has 0 aliphatic carbocycles. The second kappa shape index (κ2) is 25.8. The summed E-state index contributed by atoms with van der Waals surface area (Å²) in [4.78, 5) is 56.7. The molecule has 3 atom stereocenters. The first-order valence-corrected chi connectivity index (χ1v) is 26.9. The summed E-state index contributed by atoms with van der Waals surface area (Å²) in [5.41, 5.74) is 8.24. The summed E-state index contributed by atoms with van der Waals surface area (Å²) in [6.45, 7) is 18.1. The number of benzene rings is 4. The van der Waals surface area contributed by atoms with E-state index in [-0.39, 0.29) is 39.2 Å². The number of rotatable bonds is 17. The summed E-state index contributed by atoms with van der Waals surface area (Å²) >= 11 is 7.50. The highest BCUT2D eigenvalue weighted by Crippen LogP contribution is 2.47. The summed E-state index contributed by atoms with van der Waals surface area (Å²) in [5.74, 6) is -0.900. The van der Waals surface area contributed by atoms with Crippen LogP contribution in [0.15, 0.2) is 89.9 Å². The molecule has 396 valence electrons. The van der Waals surface area contributed by atoms with E-state index in [9.17, 15) is 24.3 Å². The van der Waals surface area contributed by atoms with Crippen LogP contribution in [-0.4, -0.2) is 96.8 Å². The highest BCUT2D eigenvalue weighted by atomic mass is 35.5. The molecule has 3 unspecified atom stereocenters. The average molecular weight is 1050 g/mol. The largest absolute Gasteiger partial charge is 0.483 e. The first-order valence-electron chi connectivity index (χ1n) is 25.7. The molecule has 2 aromatic heterocycles. The van der Waals surface area contributed by atoms with Crippen LogP contribution < -0.4 is 30.5 Å². The number of carbonyl (C=O) groups is 4. The lowest BCUT2D eigenvalue weighted by atomic mass is 9.85. The van der Waals surface area contributed by atoms with Crippen LogP contribution in [0.1, 0.15) is 118 Å². The number of aryl methyl sites for hydroxylation is 2. The number of ether oxygens (including phenoxy) is 1. The van der Waals surface area contributed by atoms with Gasteiger partial charge in [-0.1, -0.05) is 80.9 Å². The molecule has 2 bridgehead atoms. The van der Waals surface area contributed by atoms with Crippen LogP contribution in [0.5, 0.6) is 5.75 Å². The number of hydrogen-bond donors (Lipinski definition) is 5. The molecule has 3 fully saturated rings. The zero-order chi connectivity index (χ0) is 53.7. The van der Waals surface area contributed by atoms with Crippen LogP contribution in [0.25, 0.3) is 32.3 Å². The fourth-order valence-electron chi connectivity index (χ4n) is 10.9. The number of piperidine rings is 2. The number of anilines is 3. The van der Waals surface area contributed by atoms with Crippen molar-refractivity contribution in [3.8, 4) is 16.2 Å². The molecule has 4 aromatic carbocycles. The van der Waals surface area contributed by atoms with E-state index in [4.69, 9.17) is 30.8 Å². The third-order valence-electron chi connectivity index (χ3n) is 14.3. The smallest absolute Gasteiger partial charge is 0.349 e. The Morgan fingerprint density at radius 3 is 2.38 bits per heavy atom. The van der Waals surface area contributed by atoms with Gasteiger partial charge in [-0.3, -0.25) is 14.4 Å². The Kier molecular flexibility index (Phi) is 19.9. The number of aromatic carboxylic acids is 1. The van der Waals surface area contributed by atoms with Crippen LogP contribution >= 0.6 is 22.9 Å². The van der Waals surface area contributed by atoms with E-state index < -0.39 is 12.0 Å². The molecule has 0 radical (unpaired) electrons. The predicted molar refractivity (Wildman–Crippen MR) is 301 cm³/mol. The Bertz CT molecular complexity index is 2900. The SMILES string of the molecule is C=CCCC(C(=O)NC)N(C=O)c1ccc(C2CCN(c3nc4cc(CC)ccc4o3)CC2)c2cccc(C)c12.CC.CC12CCC(C)(CC(Nc3cccc(-c4sc(C(=O)O)c(OCC=O)c4Cl)c3)C1)N2.CO. The molecule has 3 aliphatic rings. The van der Waals surface area contributed by atoms with Gasteiger partial charge in [0.05, 0.1) is 10.6 Å². The highest BCUT2D eigenvalue weighted by Gasteiger charge is 2.48. The number of aliphatic hydroxyl groups is 1. The number of nitrogens with one attached hydrogen (secondary N) is 3. The lowest BCUT2D eigenvalue weighted by Crippen LogP contribution is -2.56. The maximum Gasteiger partial charge on any atom is 0.349 e. The van der Waals surface area contributed by atoms with Crippen molar-refractivity contribution in [2.75, 3.05) is 49.0 Å². The number of aldehydes is 1. The second-order valence-electron chi connectivity index (χ2n) is 19.4. The molecule has 5 heterocycles. The van der Waals surface area contributed by atoms with Gasteiger partial charge in [-0.25, -0.2) is 4.79 Å². The quantitative estimate of drug-likeness (QED) is 0.0430. The molecule has 5 N–H and O–H groups in total. The average Bonchev–Trinajstić information content (AvgIpc) is 4.07. The number of fused-ring (bicyclic) bond motifs is 4. The molecule has 0 saturated carbocycles. The monoisotopic (exact) mass is 1050 g/mol. The number of allylic oxidation sites excluding steroid dienone is 1. The van der Waals surface area contributed by atoms with E-state index in [0.29, 0.717) is 42.0 Å². The second-order valence-corrected chi connectivity index (χ2v) is 20.8. The van der Waals surface area contributed by atoms with Crippen molar-refractivity contribution in [3.05, 3.63) is 112 Å². The zero-order valence-corrected chi connectivity index (χ0v) is 45.6. The Morgan fingerprint density at radius 1 is 1.04 bits per heavy atom. The number of hydrogen-bond acceptors (Lipinski definition) is 12. The van der Waals surface area contributed by atoms with E-state index in [2.05, 4.69) is 91.5 Å². The molecule has 2 amide bonds. The number of amides is 2. The van der Waals surface area contributed by atoms with Crippen molar-refractivity contribution in [1.82, 2.24) is 15.6 Å². The molecule has 74 heavy (non-hydrogen) atoms. The van der Waals surface area contributed by atoms with E-state index in [1.54, 1.807) is 18.0 Å². The Labute approximate surface area is 444 Å². The van der Waals surface area contributed by atoms with Crippen molar-refractivity contribution in [1.29, 1.82) is 0 Å². The number of carboxylic acids is 1. The molecule has 0 spiro atoms. The topological polar surface area (TPSA) is 187 Å². The molecular weight excluding hydrogens is 976 g/mol. The van der Waals surface area contributed by atoms with Gasteiger partial charge in [0, 0.05) is 55.4 Å². The Hall–Kier alpha value is -6.26. The van der Waals surface area contributed by atoms with Gasteiger partial charge in [-0.2, -0.15) is 4.98 Å². The number of carboxylic acid groups (broad SMARTS) is 1. The number of nitrogens with zero attached hydrogens (tertiary/aromatic N) is 3. The minimum absolute atomic E-state index is 0.00834. The minimum atomic E-state index is -1.13. The number of oxazole rings is 1. The van der Waals surface area contributed by atoms with Gasteiger partial charge in [-0.15, -0.1) is 17.9 Å². The van der Waals surface area contributed by atoms with Gasteiger partial charge in [0.25, 0.3) is 6.01 Å². The Morgan fingerprint density at radius 2 is 1.74 bits per heavy atom. The summed E-state index contributed by atoms with van der Waals surface area (Å²) < 4.78 is 11.4. The zero-order valence-electron chi connectivity index (χ0n) is 44.1. The van der Waals surface area contributed by atoms with Gasteiger partial charge < -0.3 is 45.1 Å². The Balaban J connectivity index is 0.000000234. The van der Waals surface area contributed by atoms with E-state index >= 15 is 0 Å². The summed E-state index contributed by atoms with van der Waals surface area (Å²) in [7, 11) is 2.61. The summed E-state index contributed by atoms with van der Waals surface area (Å²) in [5, 5.41) is 29.0. The van der Waals surface area contributed by atoms with Gasteiger partial charge in [0.2, 0.25) is 12.3 Å². The van der Waals surface area contributed by atoms with E-state index in [0.717, 1.165) is 114 Å². The summed E-state index contributed by atoms with van der Waals surface area (Å²) in [6.07, 6.45) is 11.7. The minimum Gasteiger partial charge on any atom is -0.483 e. The molecule has 14 nitrogen and oxygen atoms in total. The van der Waals surface area contributed by atoms with Crippen molar-refractivity contribution < 1.29 is 38.5 Å². The first-order chi connectivity index (χ1) is 35.7. The van der Waals surface area contributed by atoms with Crippen molar-refractivity contribution in [2.24, 2.45) is 0 Å². The van der Waals surface area contributed by atoms with Gasteiger partial charge in [0.15, 0.2) is 22.5 Å². The van der Waals surface area contributed by atoms with Crippen LogP contribution in [0.4, 0.5) is 17.4 Å². The lowest BCUT2D eigenvalue weighted by Gasteiger charge is -2.42. The maximum absolute atomic E-state index is 12.8. The van der Waals surface area contributed by atoms with Crippen molar-refractivity contribution in [3.63, 3.8) is 0 Å². The normalized spacial score (nSPS) is 19.4. The van der Waals surface area contributed by atoms with Crippen molar-refractivity contribution >= 4 is 86.8 Å². The highest BCUT2D eigenvalue weighted by molar-refractivity contribution is 7.18. The third-order valence-corrected chi connectivity index (χ3v) is 15.9. The fraction of sp³-hybridized carbons (Fsp3) is 0.431. The summed E-state index contributed by atoms with van der Waals surface area (Å²) in [6, 6.07) is 24.9. The first kappa shape index (κ1) is 57.0. The molecule has 9 rings (SSSR count). The predicted octanol–water partition coefficient (Wildman–Crippen LogP) is 11.7. The molecule has 3 aliphatic heterocycles. The number of likely N-dealkylation sites (N-methyl/N-ethyl adjacent to an activating group) is 1. The number of aromatic nitrogens is 1. The lowest BCUT2D eigenvalue weighted by molar-refractivity contribution is -0.123. The number of thiophene rings is 1. The molecule has 16 heteroatoms. The van der Waals surface area contributed by atoms with Crippen LogP contribution in [0, 0.1) is 6.92 Å². The number of carbonyl (C=O) groups excluding carboxylic acids is 3. The number of halogens is 1. The van der Waals surface area contributed by atoms with Gasteiger partial charge in [-0.05, 0) is 142 Å². The fourth-order valence-corrected chi connectivity index (χ4v) is 12.3. The van der Waals surface area contributed by atoms with Crippen LogP contribution in [-0.2, 0) is 20.8 Å². The molecular formula is C58H73ClN6O8S. The standard InChI is InChI=1S/C33H38N4O3.C22H25ClN2O4S.C2H6.CH4O/c1-5-7-11-29(32(39)34-4)37(21-38)28-14-13-25(26-10-8-9-22(3)31(26)28)24-16-18-36(19-17-24)33-35-27-20-23(6-2)12-15-30(27)40-33;1-21-6-7-22(2,25-21)12-15(11-21)24-14-5-3-4-13(10-14)18-16(23)17(29-9-8-26)19(30-18)20(27)28;2*1-2/h5,8-10,12-15,20-21,24,29H,1,6-7,11,16-19H2,2-4H3,(H,34,39);3-5,8,10,15,24-25H,6-7,9,11-12H2,1-2H3,(H,27,28);1-2H3;2H,1H3. The van der Waals surface area contributed by atoms with E-state index in [1.165, 1.54) is 24.0 Å². The van der Waals surface area contributed by atoms with Gasteiger partial charge in [0.1, 0.15) is 23.2 Å². The van der Waals surface area contributed by atoms with Crippen molar-refractivity contribution in [2.45, 2.75) is 128 Å². The molecule has 6 aromatic rings. The maximum atomic E-state index is 12.8. The molecule has 3 saturated heterocycles. The third kappa shape index (κ3) is 12.8.